The van der Waals surface area contributed by atoms with Crippen molar-refractivity contribution in [3.63, 3.8) is 0 Å². The van der Waals surface area contributed by atoms with Crippen molar-refractivity contribution in [1.29, 1.82) is 0 Å². The molecule has 86 valence electrons. The second kappa shape index (κ2) is 5.50. The Hall–Kier alpha value is -1.56. The highest BCUT2D eigenvalue weighted by Gasteiger charge is 2.06. The van der Waals surface area contributed by atoms with Gasteiger partial charge in [-0.3, -0.25) is 4.79 Å². The summed E-state index contributed by atoms with van der Waals surface area (Å²) >= 11 is 4.54. The summed E-state index contributed by atoms with van der Waals surface area (Å²) in [5, 5.41) is 2.42. The molecule has 6 heteroatoms. The molecular formula is C10H10F2N2OS. The van der Waals surface area contributed by atoms with Crippen LogP contribution in [0.4, 0.5) is 8.78 Å². The molecule has 0 aromatic heterocycles. The molecule has 0 unspecified atom stereocenters. The molecule has 1 rings (SSSR count). The zero-order chi connectivity index (χ0) is 12.1. The lowest BCUT2D eigenvalue weighted by molar-refractivity contribution is -0.120. The molecule has 0 bridgehead atoms. The van der Waals surface area contributed by atoms with E-state index >= 15 is 0 Å². The van der Waals surface area contributed by atoms with E-state index in [1.54, 1.807) is 0 Å². The number of benzene rings is 1. The summed E-state index contributed by atoms with van der Waals surface area (Å²) in [6.45, 7) is -0.0203. The third-order valence-corrected chi connectivity index (χ3v) is 1.97. The number of thiocarbonyl (C=S) groups is 1. The Morgan fingerprint density at radius 1 is 1.44 bits per heavy atom. The third kappa shape index (κ3) is 3.90. The van der Waals surface area contributed by atoms with E-state index in [4.69, 9.17) is 5.73 Å². The molecule has 1 amide bonds. The highest BCUT2D eigenvalue weighted by molar-refractivity contribution is 7.80. The van der Waals surface area contributed by atoms with Crippen molar-refractivity contribution < 1.29 is 13.6 Å². The van der Waals surface area contributed by atoms with Gasteiger partial charge in [0.1, 0.15) is 11.6 Å². The van der Waals surface area contributed by atoms with Crippen LogP contribution in [0.5, 0.6) is 0 Å². The molecule has 0 saturated carbocycles. The fourth-order valence-corrected chi connectivity index (χ4v) is 1.21. The lowest BCUT2D eigenvalue weighted by Gasteiger charge is -2.05. The van der Waals surface area contributed by atoms with Gasteiger partial charge in [0.05, 0.1) is 11.4 Å². The first kappa shape index (κ1) is 12.5. The van der Waals surface area contributed by atoms with Crippen molar-refractivity contribution in [1.82, 2.24) is 5.32 Å². The molecule has 0 saturated heterocycles. The smallest absolute Gasteiger partial charge is 0.227 e. The number of hydrogen-bond donors (Lipinski definition) is 2. The van der Waals surface area contributed by atoms with Gasteiger partial charge in [-0.05, 0) is 6.07 Å². The van der Waals surface area contributed by atoms with E-state index in [9.17, 15) is 13.6 Å². The van der Waals surface area contributed by atoms with Crippen molar-refractivity contribution in [2.45, 2.75) is 13.0 Å². The number of amides is 1. The third-order valence-electron chi connectivity index (χ3n) is 1.83. The molecule has 3 N–H and O–H groups in total. The molecule has 1 aromatic rings. The Labute approximate surface area is 96.6 Å². The van der Waals surface area contributed by atoms with Crippen molar-refractivity contribution in [3.8, 4) is 0 Å². The van der Waals surface area contributed by atoms with Gasteiger partial charge in [0.15, 0.2) is 0 Å². The molecule has 0 atom stereocenters. The maximum atomic E-state index is 13.1. The summed E-state index contributed by atoms with van der Waals surface area (Å²) in [7, 11) is 0. The van der Waals surface area contributed by atoms with Crippen LogP contribution in [0.3, 0.4) is 0 Å². The summed E-state index contributed by atoms with van der Waals surface area (Å²) < 4.78 is 25.7. The van der Waals surface area contributed by atoms with Crippen LogP contribution in [-0.4, -0.2) is 10.9 Å². The zero-order valence-corrected chi connectivity index (χ0v) is 9.11. The minimum absolute atomic E-state index is 0.0203. The molecule has 0 heterocycles. The van der Waals surface area contributed by atoms with E-state index in [-0.39, 0.29) is 23.5 Å². The average molecular weight is 244 g/mol. The van der Waals surface area contributed by atoms with Crippen molar-refractivity contribution in [2.24, 2.45) is 5.73 Å². The van der Waals surface area contributed by atoms with E-state index in [0.29, 0.717) is 0 Å². The largest absolute Gasteiger partial charge is 0.393 e. The number of nitrogens with two attached hydrogens (primary N) is 1. The number of carbonyl (C=O) groups is 1. The summed E-state index contributed by atoms with van der Waals surface area (Å²) in [6.07, 6.45) is -0.0852. The maximum absolute atomic E-state index is 13.1. The van der Waals surface area contributed by atoms with Crippen LogP contribution in [0, 0.1) is 11.6 Å². The van der Waals surface area contributed by atoms with Gasteiger partial charge < -0.3 is 11.1 Å². The van der Waals surface area contributed by atoms with E-state index < -0.39 is 17.5 Å². The Morgan fingerprint density at radius 3 is 2.69 bits per heavy atom. The fraction of sp³-hybridized carbons (Fsp3) is 0.200. The van der Waals surface area contributed by atoms with Crippen molar-refractivity contribution >= 4 is 23.1 Å². The van der Waals surface area contributed by atoms with Crippen LogP contribution in [0.2, 0.25) is 0 Å². The normalized spacial score (nSPS) is 9.88. The van der Waals surface area contributed by atoms with Gasteiger partial charge in [0, 0.05) is 18.2 Å². The number of nitrogens with one attached hydrogen (secondary N) is 1. The zero-order valence-electron chi connectivity index (χ0n) is 8.30. The lowest BCUT2D eigenvalue weighted by Crippen LogP contribution is -2.27. The van der Waals surface area contributed by atoms with Crippen LogP contribution >= 0.6 is 12.2 Å². The topological polar surface area (TPSA) is 55.1 Å². The fourth-order valence-electron chi connectivity index (χ4n) is 1.08. The van der Waals surface area contributed by atoms with Gasteiger partial charge >= 0.3 is 0 Å². The minimum Gasteiger partial charge on any atom is -0.393 e. The predicted molar refractivity (Wildman–Crippen MR) is 59.6 cm³/mol. The standard InChI is InChI=1S/C10H10F2N2OS/c11-7-2-1-6(8(12)3-7)5-14-10(15)4-9(13)16/h1-3H,4-5H2,(H2,13,16)(H,14,15). The first-order valence-electron chi connectivity index (χ1n) is 4.48. The molecule has 0 aliphatic heterocycles. The first-order chi connectivity index (χ1) is 7.49. The molecule has 0 spiro atoms. The summed E-state index contributed by atoms with van der Waals surface area (Å²) in [5.74, 6) is -1.75. The van der Waals surface area contributed by atoms with Gasteiger partial charge in [0.2, 0.25) is 5.91 Å². The maximum Gasteiger partial charge on any atom is 0.227 e. The van der Waals surface area contributed by atoms with Crippen LogP contribution < -0.4 is 11.1 Å². The highest BCUT2D eigenvalue weighted by atomic mass is 32.1. The number of carbonyl (C=O) groups excluding carboxylic acids is 1. The Morgan fingerprint density at radius 2 is 2.12 bits per heavy atom. The first-order valence-corrected chi connectivity index (χ1v) is 4.89. The van der Waals surface area contributed by atoms with Crippen LogP contribution in [0.15, 0.2) is 18.2 Å². The highest BCUT2D eigenvalue weighted by Crippen LogP contribution is 2.08. The summed E-state index contributed by atoms with van der Waals surface area (Å²) in [4.78, 5) is 11.2. The monoisotopic (exact) mass is 244 g/mol. The molecular weight excluding hydrogens is 234 g/mol. The van der Waals surface area contributed by atoms with Crippen LogP contribution in [0.25, 0.3) is 0 Å². The molecule has 3 nitrogen and oxygen atoms in total. The van der Waals surface area contributed by atoms with E-state index in [2.05, 4.69) is 17.5 Å². The minimum atomic E-state index is -0.698. The van der Waals surface area contributed by atoms with E-state index in [0.717, 1.165) is 12.1 Å². The Balaban J connectivity index is 2.54. The van der Waals surface area contributed by atoms with Crippen molar-refractivity contribution in [2.75, 3.05) is 0 Å². The molecule has 16 heavy (non-hydrogen) atoms. The lowest BCUT2D eigenvalue weighted by atomic mass is 10.2. The molecule has 0 aliphatic carbocycles. The summed E-state index contributed by atoms with van der Waals surface area (Å²) in [6, 6.07) is 3.15. The van der Waals surface area contributed by atoms with E-state index in [1.807, 2.05) is 0 Å². The predicted octanol–water partition coefficient (Wildman–Crippen LogP) is 1.26. The average Bonchev–Trinajstić information content (AvgIpc) is 2.15. The number of rotatable bonds is 4. The number of hydrogen-bond acceptors (Lipinski definition) is 2. The van der Waals surface area contributed by atoms with Gasteiger partial charge in [-0.25, -0.2) is 8.78 Å². The summed E-state index contributed by atoms with van der Waals surface area (Å²) in [5.41, 5.74) is 5.37. The molecule has 1 aromatic carbocycles. The molecule has 0 aliphatic rings. The second-order valence-corrected chi connectivity index (χ2v) is 3.68. The Bertz CT molecular complexity index is 423. The second-order valence-electron chi connectivity index (χ2n) is 3.16. The Kier molecular flexibility index (Phi) is 4.30. The van der Waals surface area contributed by atoms with Crippen LogP contribution in [0.1, 0.15) is 12.0 Å². The molecule has 0 fully saturated rings. The quantitative estimate of drug-likeness (QED) is 0.784. The van der Waals surface area contributed by atoms with Crippen LogP contribution in [-0.2, 0) is 11.3 Å². The number of halogens is 2. The van der Waals surface area contributed by atoms with Crippen molar-refractivity contribution in [3.05, 3.63) is 35.4 Å². The van der Waals surface area contributed by atoms with Gasteiger partial charge in [-0.15, -0.1) is 0 Å². The molecule has 0 radical (unpaired) electrons. The van der Waals surface area contributed by atoms with Gasteiger partial charge in [0.25, 0.3) is 0 Å². The SMILES string of the molecule is NC(=S)CC(=O)NCc1ccc(F)cc1F. The van der Waals surface area contributed by atoms with Gasteiger partial charge in [-0.2, -0.15) is 0 Å². The van der Waals surface area contributed by atoms with E-state index in [1.165, 1.54) is 6.07 Å². The van der Waals surface area contributed by atoms with Gasteiger partial charge in [-0.1, -0.05) is 18.3 Å².